The molecule has 3 N–H and O–H groups in total. The van der Waals surface area contributed by atoms with Gasteiger partial charge in [-0.15, -0.1) is 0 Å². The van der Waals surface area contributed by atoms with Gasteiger partial charge < -0.3 is 20.5 Å². The van der Waals surface area contributed by atoms with Crippen LogP contribution in [0, 0.1) is 6.92 Å². The highest BCUT2D eigenvalue weighted by molar-refractivity contribution is 6.09. The number of rotatable bonds is 7. The van der Waals surface area contributed by atoms with Crippen LogP contribution in [0.25, 0.3) is 0 Å². The highest BCUT2D eigenvalue weighted by Gasteiger charge is 2.15. The molecule has 0 bridgehead atoms. The Labute approximate surface area is 179 Å². The molecular weight excluding hydrogens is 396 g/mol. The van der Waals surface area contributed by atoms with Crippen LogP contribution in [0.15, 0.2) is 66.7 Å². The molecular formula is C24H22N2O5. The number of ether oxygens (including phenoxy) is 1. The smallest absolute Gasteiger partial charge is 0.337 e. The number of carbonyl (C=O) groups is 3. The molecule has 3 rings (SSSR count). The predicted molar refractivity (Wildman–Crippen MR) is 118 cm³/mol. The minimum absolute atomic E-state index is 0.00742. The molecule has 158 valence electrons. The maximum atomic E-state index is 12.7. The topological polar surface area (TPSA) is 105 Å². The van der Waals surface area contributed by atoms with Crippen LogP contribution in [0.3, 0.4) is 0 Å². The molecule has 0 spiro atoms. The van der Waals surface area contributed by atoms with Crippen LogP contribution in [-0.4, -0.2) is 29.5 Å². The van der Waals surface area contributed by atoms with E-state index < -0.39 is 11.9 Å². The normalized spacial score (nSPS) is 10.3. The van der Waals surface area contributed by atoms with Crippen LogP contribution in [0.4, 0.5) is 11.4 Å². The molecule has 0 aromatic heterocycles. The number of para-hydroxylation sites is 1. The van der Waals surface area contributed by atoms with Crippen LogP contribution in [0.1, 0.15) is 43.6 Å². The SMILES string of the molecule is CCOc1ccc(C(=O)Nc2cc(C(=O)Nc3ccccc3C(=O)O)ccc2C)cc1. The van der Waals surface area contributed by atoms with Gasteiger partial charge in [-0.05, 0) is 67.9 Å². The maximum Gasteiger partial charge on any atom is 0.337 e. The van der Waals surface area contributed by atoms with Crippen molar-refractivity contribution < 1.29 is 24.2 Å². The summed E-state index contributed by atoms with van der Waals surface area (Å²) < 4.78 is 5.38. The van der Waals surface area contributed by atoms with Crippen LogP contribution in [0.5, 0.6) is 5.75 Å². The lowest BCUT2D eigenvalue weighted by molar-refractivity contribution is 0.0697. The quantitative estimate of drug-likeness (QED) is 0.520. The molecule has 3 aromatic rings. The summed E-state index contributed by atoms with van der Waals surface area (Å²) in [7, 11) is 0. The van der Waals surface area contributed by atoms with Crippen molar-refractivity contribution in [1.82, 2.24) is 0 Å². The molecule has 0 heterocycles. The molecule has 0 saturated carbocycles. The summed E-state index contributed by atoms with van der Waals surface area (Å²) in [5.74, 6) is -1.26. The van der Waals surface area contributed by atoms with E-state index in [0.29, 0.717) is 23.6 Å². The Morgan fingerprint density at radius 3 is 2.13 bits per heavy atom. The maximum absolute atomic E-state index is 12.7. The van der Waals surface area contributed by atoms with E-state index in [0.717, 1.165) is 5.56 Å². The fourth-order valence-electron chi connectivity index (χ4n) is 2.93. The Balaban J connectivity index is 1.77. The van der Waals surface area contributed by atoms with Crippen LogP contribution in [-0.2, 0) is 0 Å². The average Bonchev–Trinajstić information content (AvgIpc) is 2.76. The largest absolute Gasteiger partial charge is 0.494 e. The summed E-state index contributed by atoms with van der Waals surface area (Å²) in [6.45, 7) is 4.23. The summed E-state index contributed by atoms with van der Waals surface area (Å²) in [4.78, 5) is 36.6. The van der Waals surface area contributed by atoms with E-state index in [4.69, 9.17) is 4.74 Å². The van der Waals surface area contributed by atoms with Gasteiger partial charge in [-0.1, -0.05) is 18.2 Å². The monoisotopic (exact) mass is 418 g/mol. The van der Waals surface area contributed by atoms with Crippen molar-refractivity contribution in [2.24, 2.45) is 0 Å². The van der Waals surface area contributed by atoms with Gasteiger partial charge in [0.2, 0.25) is 0 Å². The zero-order valence-electron chi connectivity index (χ0n) is 17.1. The van der Waals surface area contributed by atoms with Gasteiger partial charge >= 0.3 is 5.97 Å². The van der Waals surface area contributed by atoms with Crippen molar-refractivity contribution in [3.63, 3.8) is 0 Å². The number of carboxylic acid groups (broad SMARTS) is 1. The van der Waals surface area contributed by atoms with Gasteiger partial charge in [0.05, 0.1) is 17.9 Å². The molecule has 2 amide bonds. The highest BCUT2D eigenvalue weighted by Crippen LogP contribution is 2.21. The van der Waals surface area contributed by atoms with E-state index in [9.17, 15) is 19.5 Å². The number of hydrogen-bond donors (Lipinski definition) is 3. The second-order valence-corrected chi connectivity index (χ2v) is 6.75. The van der Waals surface area contributed by atoms with E-state index in [1.54, 1.807) is 54.6 Å². The van der Waals surface area contributed by atoms with Crippen molar-refractivity contribution in [3.05, 3.63) is 89.0 Å². The number of aromatic carboxylic acids is 1. The zero-order valence-corrected chi connectivity index (χ0v) is 17.1. The van der Waals surface area contributed by atoms with Crippen molar-refractivity contribution in [1.29, 1.82) is 0 Å². The van der Waals surface area contributed by atoms with Crippen LogP contribution < -0.4 is 15.4 Å². The van der Waals surface area contributed by atoms with E-state index in [-0.39, 0.29) is 22.7 Å². The minimum Gasteiger partial charge on any atom is -0.494 e. The average molecular weight is 418 g/mol. The molecule has 0 radical (unpaired) electrons. The van der Waals surface area contributed by atoms with Gasteiger partial charge in [0.15, 0.2) is 0 Å². The zero-order chi connectivity index (χ0) is 22.4. The standard InChI is InChI=1S/C24H22N2O5/c1-3-31-18-12-10-16(11-13-18)22(27)26-21-14-17(9-8-15(21)2)23(28)25-20-7-5-4-6-19(20)24(29)30/h4-14H,3H2,1-2H3,(H,25,28)(H,26,27)(H,29,30). The third kappa shape index (κ3) is 5.27. The summed E-state index contributed by atoms with van der Waals surface area (Å²) in [6, 6.07) is 17.8. The van der Waals surface area contributed by atoms with Gasteiger partial charge in [0.25, 0.3) is 11.8 Å². The molecule has 0 aliphatic heterocycles. The van der Waals surface area contributed by atoms with Gasteiger partial charge in [-0.25, -0.2) is 4.79 Å². The van der Waals surface area contributed by atoms with Crippen molar-refractivity contribution in [3.8, 4) is 5.75 Å². The number of carbonyl (C=O) groups excluding carboxylic acids is 2. The molecule has 0 fully saturated rings. The molecule has 0 unspecified atom stereocenters. The molecule has 31 heavy (non-hydrogen) atoms. The van der Waals surface area contributed by atoms with Crippen LogP contribution in [0.2, 0.25) is 0 Å². The first-order valence-corrected chi connectivity index (χ1v) is 9.67. The molecule has 0 saturated heterocycles. The predicted octanol–water partition coefficient (Wildman–Crippen LogP) is 4.60. The molecule has 7 nitrogen and oxygen atoms in total. The number of hydrogen-bond acceptors (Lipinski definition) is 4. The lowest BCUT2D eigenvalue weighted by Gasteiger charge is -2.12. The Morgan fingerprint density at radius 1 is 0.839 bits per heavy atom. The molecule has 0 atom stereocenters. The van der Waals surface area contributed by atoms with Gasteiger partial charge in [-0.2, -0.15) is 0 Å². The highest BCUT2D eigenvalue weighted by atomic mass is 16.5. The molecule has 0 aliphatic carbocycles. The fraction of sp³-hybridized carbons (Fsp3) is 0.125. The number of amides is 2. The Morgan fingerprint density at radius 2 is 1.45 bits per heavy atom. The van der Waals surface area contributed by atoms with Crippen molar-refractivity contribution >= 4 is 29.2 Å². The lowest BCUT2D eigenvalue weighted by atomic mass is 10.1. The number of aryl methyl sites for hydroxylation is 1. The van der Waals surface area contributed by atoms with E-state index in [1.807, 2.05) is 13.8 Å². The van der Waals surface area contributed by atoms with Crippen LogP contribution >= 0.6 is 0 Å². The summed E-state index contributed by atoms with van der Waals surface area (Å²) >= 11 is 0. The third-order valence-corrected chi connectivity index (χ3v) is 4.58. The first-order chi connectivity index (χ1) is 14.9. The fourth-order valence-corrected chi connectivity index (χ4v) is 2.93. The number of carboxylic acids is 1. The second kappa shape index (κ2) is 9.58. The minimum atomic E-state index is -1.14. The summed E-state index contributed by atoms with van der Waals surface area (Å²) in [5.41, 5.74) is 2.19. The van der Waals surface area contributed by atoms with E-state index >= 15 is 0 Å². The molecule has 7 heteroatoms. The third-order valence-electron chi connectivity index (χ3n) is 4.58. The Bertz CT molecular complexity index is 1120. The number of anilines is 2. The number of nitrogens with one attached hydrogen (secondary N) is 2. The first-order valence-electron chi connectivity index (χ1n) is 9.67. The van der Waals surface area contributed by atoms with Gasteiger partial charge in [0, 0.05) is 16.8 Å². The van der Waals surface area contributed by atoms with Crippen molar-refractivity contribution in [2.45, 2.75) is 13.8 Å². The molecule has 0 aliphatic rings. The Kier molecular flexibility index (Phi) is 6.67. The number of benzene rings is 3. The second-order valence-electron chi connectivity index (χ2n) is 6.75. The Hall–Kier alpha value is -4.13. The van der Waals surface area contributed by atoms with Gasteiger partial charge in [-0.3, -0.25) is 9.59 Å². The van der Waals surface area contributed by atoms with E-state index in [2.05, 4.69) is 10.6 Å². The van der Waals surface area contributed by atoms with Gasteiger partial charge in [0.1, 0.15) is 5.75 Å². The van der Waals surface area contributed by atoms with E-state index in [1.165, 1.54) is 12.1 Å². The van der Waals surface area contributed by atoms with Crippen molar-refractivity contribution in [2.75, 3.05) is 17.2 Å². The first kappa shape index (κ1) is 21.6. The summed E-state index contributed by atoms with van der Waals surface area (Å²) in [5, 5.41) is 14.7. The lowest BCUT2D eigenvalue weighted by Crippen LogP contribution is -2.16. The summed E-state index contributed by atoms with van der Waals surface area (Å²) in [6.07, 6.45) is 0. The molecule has 3 aromatic carbocycles.